The number of carbonyl (C=O) groups excluding carboxylic acids is 2. The SMILES string of the molecule is CC(C)(C)NC(=O)c1ccccc1NC(=O)CCS(=O)(=O)c1ccccc1. The fourth-order valence-electron chi connectivity index (χ4n) is 2.38. The fourth-order valence-corrected chi connectivity index (χ4v) is 3.65. The van der Waals surface area contributed by atoms with Gasteiger partial charge < -0.3 is 10.6 Å². The number of benzene rings is 2. The third-order valence-corrected chi connectivity index (χ3v) is 5.37. The van der Waals surface area contributed by atoms with Gasteiger partial charge in [0.15, 0.2) is 9.84 Å². The summed E-state index contributed by atoms with van der Waals surface area (Å²) in [5.41, 5.74) is 0.255. The third kappa shape index (κ3) is 6.21. The van der Waals surface area contributed by atoms with Crippen LogP contribution in [-0.4, -0.2) is 31.5 Å². The van der Waals surface area contributed by atoms with Gasteiger partial charge in [-0.1, -0.05) is 30.3 Å². The second-order valence-electron chi connectivity index (χ2n) is 7.18. The van der Waals surface area contributed by atoms with Gasteiger partial charge in [-0.15, -0.1) is 0 Å². The Labute approximate surface area is 159 Å². The molecule has 0 saturated heterocycles. The van der Waals surface area contributed by atoms with Crippen LogP contribution in [0.15, 0.2) is 59.5 Å². The molecule has 0 aliphatic heterocycles. The predicted octanol–water partition coefficient (Wildman–Crippen LogP) is 3.02. The van der Waals surface area contributed by atoms with Gasteiger partial charge in [-0.05, 0) is 45.0 Å². The number of rotatable bonds is 6. The van der Waals surface area contributed by atoms with E-state index in [0.717, 1.165) is 0 Å². The normalized spacial score (nSPS) is 11.7. The highest BCUT2D eigenvalue weighted by molar-refractivity contribution is 7.91. The molecule has 0 unspecified atom stereocenters. The molecule has 2 aromatic carbocycles. The summed E-state index contributed by atoms with van der Waals surface area (Å²) >= 11 is 0. The largest absolute Gasteiger partial charge is 0.347 e. The first-order chi connectivity index (χ1) is 12.6. The van der Waals surface area contributed by atoms with E-state index in [1.165, 1.54) is 12.1 Å². The van der Waals surface area contributed by atoms with Crippen molar-refractivity contribution in [3.8, 4) is 0 Å². The van der Waals surface area contributed by atoms with Crippen molar-refractivity contribution >= 4 is 27.3 Å². The molecule has 2 amide bonds. The Balaban J connectivity index is 2.05. The number of nitrogens with one attached hydrogen (secondary N) is 2. The molecule has 0 saturated carbocycles. The van der Waals surface area contributed by atoms with E-state index in [1.807, 2.05) is 20.8 Å². The standard InChI is InChI=1S/C20H24N2O4S/c1-20(2,3)22-19(24)16-11-7-8-12-17(16)21-18(23)13-14-27(25,26)15-9-5-4-6-10-15/h4-12H,13-14H2,1-3H3,(H,21,23)(H,22,24). The van der Waals surface area contributed by atoms with E-state index in [1.54, 1.807) is 42.5 Å². The highest BCUT2D eigenvalue weighted by Crippen LogP contribution is 2.17. The molecule has 0 radical (unpaired) electrons. The van der Waals surface area contributed by atoms with Crippen LogP contribution in [-0.2, 0) is 14.6 Å². The zero-order valence-electron chi connectivity index (χ0n) is 15.7. The molecule has 6 nitrogen and oxygen atoms in total. The lowest BCUT2D eigenvalue weighted by molar-refractivity contribution is -0.115. The van der Waals surface area contributed by atoms with Gasteiger partial charge in [0.05, 0.1) is 21.9 Å². The van der Waals surface area contributed by atoms with Gasteiger partial charge in [-0.2, -0.15) is 0 Å². The summed E-state index contributed by atoms with van der Waals surface area (Å²) in [5, 5.41) is 5.48. The summed E-state index contributed by atoms with van der Waals surface area (Å²) in [5.74, 6) is -1.08. The molecule has 0 spiro atoms. The molecule has 7 heteroatoms. The third-order valence-electron chi connectivity index (χ3n) is 3.63. The lowest BCUT2D eigenvalue weighted by Gasteiger charge is -2.21. The van der Waals surface area contributed by atoms with E-state index < -0.39 is 21.3 Å². The van der Waals surface area contributed by atoms with Crippen LogP contribution >= 0.6 is 0 Å². The Hall–Kier alpha value is -2.67. The number of anilines is 1. The Kier molecular flexibility index (Phi) is 6.38. The summed E-state index contributed by atoms with van der Waals surface area (Å²) in [6.45, 7) is 5.58. The van der Waals surface area contributed by atoms with E-state index in [4.69, 9.17) is 0 Å². The van der Waals surface area contributed by atoms with Crippen molar-refractivity contribution in [1.82, 2.24) is 5.32 Å². The van der Waals surface area contributed by atoms with Gasteiger partial charge in [0.25, 0.3) is 5.91 Å². The van der Waals surface area contributed by atoms with Crippen molar-refractivity contribution in [1.29, 1.82) is 0 Å². The van der Waals surface area contributed by atoms with Crippen LogP contribution in [0.25, 0.3) is 0 Å². The van der Waals surface area contributed by atoms with Crippen LogP contribution in [0.3, 0.4) is 0 Å². The minimum absolute atomic E-state index is 0.183. The van der Waals surface area contributed by atoms with Crippen molar-refractivity contribution < 1.29 is 18.0 Å². The molecule has 27 heavy (non-hydrogen) atoms. The summed E-state index contributed by atoms with van der Waals surface area (Å²) in [7, 11) is -3.54. The molecule has 0 heterocycles. The minimum atomic E-state index is -3.54. The zero-order chi connectivity index (χ0) is 20.1. The van der Waals surface area contributed by atoms with Gasteiger partial charge in [0, 0.05) is 12.0 Å². The van der Waals surface area contributed by atoms with Gasteiger partial charge in [0.2, 0.25) is 5.91 Å². The number of amides is 2. The first kappa shape index (κ1) is 20.6. The second-order valence-corrected chi connectivity index (χ2v) is 9.29. The number of sulfone groups is 1. The molecular formula is C20H24N2O4S. The van der Waals surface area contributed by atoms with Crippen LogP contribution in [0, 0.1) is 0 Å². The Morgan fingerprint density at radius 1 is 0.926 bits per heavy atom. The molecule has 2 N–H and O–H groups in total. The first-order valence-electron chi connectivity index (χ1n) is 8.58. The van der Waals surface area contributed by atoms with Crippen molar-refractivity contribution in [3.63, 3.8) is 0 Å². The van der Waals surface area contributed by atoms with Crippen molar-refractivity contribution in [2.75, 3.05) is 11.1 Å². The maximum Gasteiger partial charge on any atom is 0.253 e. The molecule has 0 aromatic heterocycles. The lowest BCUT2D eigenvalue weighted by atomic mass is 10.1. The molecule has 2 aromatic rings. The first-order valence-corrected chi connectivity index (χ1v) is 10.2. The smallest absolute Gasteiger partial charge is 0.253 e. The maximum atomic E-state index is 12.4. The van der Waals surface area contributed by atoms with Gasteiger partial charge in [-0.25, -0.2) is 8.42 Å². The predicted molar refractivity (Wildman–Crippen MR) is 105 cm³/mol. The highest BCUT2D eigenvalue weighted by Gasteiger charge is 2.20. The minimum Gasteiger partial charge on any atom is -0.347 e. The van der Waals surface area contributed by atoms with Gasteiger partial charge in [0.1, 0.15) is 0 Å². The molecular weight excluding hydrogens is 364 g/mol. The van der Waals surface area contributed by atoms with Gasteiger partial charge >= 0.3 is 0 Å². The molecule has 0 aliphatic carbocycles. The fraction of sp³-hybridized carbons (Fsp3) is 0.300. The van der Waals surface area contributed by atoms with E-state index >= 15 is 0 Å². The summed E-state index contributed by atoms with van der Waals surface area (Å²) in [6.07, 6.45) is -0.202. The quantitative estimate of drug-likeness (QED) is 0.796. The molecule has 0 bridgehead atoms. The summed E-state index contributed by atoms with van der Waals surface area (Å²) < 4.78 is 24.6. The highest BCUT2D eigenvalue weighted by atomic mass is 32.2. The van der Waals surface area contributed by atoms with Crippen LogP contribution in [0.4, 0.5) is 5.69 Å². The van der Waals surface area contributed by atoms with E-state index in [-0.39, 0.29) is 23.0 Å². The van der Waals surface area contributed by atoms with Crippen LogP contribution in [0.2, 0.25) is 0 Å². The monoisotopic (exact) mass is 388 g/mol. The Bertz CT molecular complexity index is 916. The Morgan fingerprint density at radius 3 is 2.15 bits per heavy atom. The average molecular weight is 388 g/mol. The number of hydrogen-bond donors (Lipinski definition) is 2. The number of hydrogen-bond acceptors (Lipinski definition) is 4. The second kappa shape index (κ2) is 8.35. The molecule has 0 fully saturated rings. The van der Waals surface area contributed by atoms with Crippen LogP contribution in [0.5, 0.6) is 0 Å². The lowest BCUT2D eigenvalue weighted by Crippen LogP contribution is -2.40. The number of carbonyl (C=O) groups is 2. The topological polar surface area (TPSA) is 92.3 Å². The van der Waals surface area contributed by atoms with E-state index in [0.29, 0.717) is 11.3 Å². The number of para-hydroxylation sites is 1. The Morgan fingerprint density at radius 2 is 1.52 bits per heavy atom. The summed E-state index contributed by atoms with van der Waals surface area (Å²) in [4.78, 5) is 24.8. The zero-order valence-corrected chi connectivity index (χ0v) is 16.5. The van der Waals surface area contributed by atoms with Crippen LogP contribution < -0.4 is 10.6 Å². The average Bonchev–Trinajstić information content (AvgIpc) is 2.60. The molecule has 0 aliphatic rings. The van der Waals surface area contributed by atoms with Gasteiger partial charge in [-0.3, -0.25) is 9.59 Å². The van der Waals surface area contributed by atoms with Crippen LogP contribution in [0.1, 0.15) is 37.6 Å². The summed E-state index contributed by atoms with van der Waals surface area (Å²) in [6, 6.07) is 14.6. The van der Waals surface area contributed by atoms with E-state index in [2.05, 4.69) is 10.6 Å². The molecule has 144 valence electrons. The maximum absolute atomic E-state index is 12.4. The molecule has 2 rings (SSSR count). The molecule has 0 atom stereocenters. The van der Waals surface area contributed by atoms with Crippen molar-refractivity contribution in [2.24, 2.45) is 0 Å². The van der Waals surface area contributed by atoms with Crippen molar-refractivity contribution in [2.45, 2.75) is 37.6 Å². The van der Waals surface area contributed by atoms with Crippen molar-refractivity contribution in [3.05, 3.63) is 60.2 Å². The van der Waals surface area contributed by atoms with E-state index in [9.17, 15) is 18.0 Å².